The molecule has 0 bridgehead atoms. The molecule has 0 aliphatic carbocycles. The lowest BCUT2D eigenvalue weighted by Gasteiger charge is -2.07. The van der Waals surface area contributed by atoms with Crippen LogP contribution >= 0.6 is 0 Å². The normalized spacial score (nSPS) is 10.5. The maximum atomic E-state index is 12.3. The van der Waals surface area contributed by atoms with E-state index in [4.69, 9.17) is 9.47 Å². The molecular formula is C19H18O5. The highest BCUT2D eigenvalue weighted by Crippen LogP contribution is 2.25. The van der Waals surface area contributed by atoms with E-state index >= 15 is 0 Å². The first-order valence-electron chi connectivity index (χ1n) is 7.22. The number of rotatable bonds is 6. The molecule has 124 valence electrons. The minimum Gasteiger partial charge on any atom is -0.497 e. The number of hydrogen-bond donors (Lipinski definition) is 0. The van der Waals surface area contributed by atoms with Crippen molar-refractivity contribution in [3.8, 4) is 11.5 Å². The first-order valence-corrected chi connectivity index (χ1v) is 7.22. The fraction of sp³-hybridized carbons (Fsp3) is 0.158. The van der Waals surface area contributed by atoms with E-state index in [2.05, 4.69) is 4.74 Å². The van der Waals surface area contributed by atoms with Crippen LogP contribution in [-0.4, -0.2) is 33.1 Å². The Labute approximate surface area is 140 Å². The van der Waals surface area contributed by atoms with E-state index in [9.17, 15) is 9.59 Å². The molecule has 2 aromatic rings. The first kappa shape index (κ1) is 17.3. The van der Waals surface area contributed by atoms with Gasteiger partial charge in [-0.3, -0.25) is 4.79 Å². The van der Waals surface area contributed by atoms with Crippen LogP contribution in [0.25, 0.3) is 6.08 Å². The molecule has 0 atom stereocenters. The Kier molecular flexibility index (Phi) is 5.73. The smallest absolute Gasteiger partial charge is 0.337 e. The molecule has 0 aromatic heterocycles. The molecule has 0 aliphatic rings. The molecule has 0 fully saturated rings. The molecule has 0 saturated carbocycles. The number of ether oxygens (including phenoxy) is 3. The molecule has 5 nitrogen and oxygen atoms in total. The van der Waals surface area contributed by atoms with Crippen molar-refractivity contribution in [3.05, 3.63) is 65.2 Å². The molecule has 24 heavy (non-hydrogen) atoms. The summed E-state index contributed by atoms with van der Waals surface area (Å²) in [5.74, 6) is 0.479. The molecule has 0 heterocycles. The molecule has 0 saturated heterocycles. The summed E-state index contributed by atoms with van der Waals surface area (Å²) < 4.78 is 15.0. The van der Waals surface area contributed by atoms with Gasteiger partial charge in [0.2, 0.25) is 0 Å². The Hall–Kier alpha value is -3.08. The van der Waals surface area contributed by atoms with E-state index in [-0.39, 0.29) is 5.78 Å². The van der Waals surface area contributed by atoms with Crippen molar-refractivity contribution in [2.24, 2.45) is 0 Å². The van der Waals surface area contributed by atoms with Gasteiger partial charge in [-0.05, 0) is 35.9 Å². The molecule has 2 rings (SSSR count). The molecule has 0 N–H and O–H groups in total. The first-order chi connectivity index (χ1) is 11.6. The Morgan fingerprint density at radius 2 is 1.62 bits per heavy atom. The zero-order valence-electron chi connectivity index (χ0n) is 13.7. The van der Waals surface area contributed by atoms with Crippen molar-refractivity contribution in [2.75, 3.05) is 21.3 Å². The second kappa shape index (κ2) is 7.97. The summed E-state index contributed by atoms with van der Waals surface area (Å²) in [7, 11) is 4.38. The Morgan fingerprint density at radius 3 is 2.21 bits per heavy atom. The predicted molar refractivity (Wildman–Crippen MR) is 90.7 cm³/mol. The fourth-order valence-electron chi connectivity index (χ4n) is 2.11. The Balaban J connectivity index is 2.17. The molecule has 0 radical (unpaired) electrons. The summed E-state index contributed by atoms with van der Waals surface area (Å²) in [5.41, 5.74) is 1.70. The monoisotopic (exact) mass is 326 g/mol. The zero-order valence-corrected chi connectivity index (χ0v) is 13.7. The van der Waals surface area contributed by atoms with Crippen LogP contribution < -0.4 is 9.47 Å². The number of carbonyl (C=O) groups excluding carboxylic acids is 2. The van der Waals surface area contributed by atoms with Crippen molar-refractivity contribution in [1.82, 2.24) is 0 Å². The molecule has 0 amide bonds. The number of ketones is 1. The number of esters is 1. The molecular weight excluding hydrogens is 308 g/mol. The van der Waals surface area contributed by atoms with E-state index in [1.165, 1.54) is 20.3 Å². The fourth-order valence-corrected chi connectivity index (χ4v) is 2.11. The number of hydrogen-bond acceptors (Lipinski definition) is 5. The SMILES string of the molecule is COC(=O)c1ccc(/C=C/C(=O)c2ccc(OC)cc2OC)cc1. The van der Waals surface area contributed by atoms with Crippen LogP contribution in [-0.2, 0) is 4.74 Å². The molecule has 2 aromatic carbocycles. The van der Waals surface area contributed by atoms with Gasteiger partial charge in [-0.25, -0.2) is 4.79 Å². The third-order valence-corrected chi connectivity index (χ3v) is 3.43. The summed E-state index contributed by atoms with van der Waals surface area (Å²) in [4.78, 5) is 23.7. The van der Waals surface area contributed by atoms with Gasteiger partial charge in [0.1, 0.15) is 11.5 Å². The quantitative estimate of drug-likeness (QED) is 0.462. The highest BCUT2D eigenvalue weighted by atomic mass is 16.5. The number of allylic oxidation sites excluding steroid dienone is 1. The van der Waals surface area contributed by atoms with Crippen LogP contribution in [0, 0.1) is 0 Å². The maximum absolute atomic E-state index is 12.3. The van der Waals surface area contributed by atoms with Crippen molar-refractivity contribution in [2.45, 2.75) is 0 Å². The number of benzene rings is 2. The van der Waals surface area contributed by atoms with Gasteiger partial charge in [0.05, 0.1) is 32.5 Å². The second-order valence-corrected chi connectivity index (χ2v) is 4.88. The van der Waals surface area contributed by atoms with Gasteiger partial charge in [-0.1, -0.05) is 18.2 Å². The van der Waals surface area contributed by atoms with Gasteiger partial charge in [-0.15, -0.1) is 0 Å². The van der Waals surface area contributed by atoms with Gasteiger partial charge in [0, 0.05) is 6.07 Å². The van der Waals surface area contributed by atoms with E-state index in [1.54, 1.807) is 55.7 Å². The third-order valence-electron chi connectivity index (χ3n) is 3.43. The van der Waals surface area contributed by atoms with Gasteiger partial charge in [0.15, 0.2) is 5.78 Å². The van der Waals surface area contributed by atoms with Crippen LogP contribution in [0.15, 0.2) is 48.5 Å². The summed E-state index contributed by atoms with van der Waals surface area (Å²) in [6, 6.07) is 11.8. The summed E-state index contributed by atoms with van der Waals surface area (Å²) in [5, 5.41) is 0. The van der Waals surface area contributed by atoms with Gasteiger partial charge in [0.25, 0.3) is 0 Å². The van der Waals surface area contributed by atoms with Crippen LogP contribution in [0.1, 0.15) is 26.3 Å². The standard InChI is InChI=1S/C19H18O5/c1-22-15-9-10-16(18(12-15)23-2)17(20)11-6-13-4-7-14(8-5-13)19(21)24-3/h4-12H,1-3H3/b11-6+. The molecule has 0 unspecified atom stereocenters. The van der Waals surface area contributed by atoms with E-state index in [0.29, 0.717) is 22.6 Å². The molecule has 0 aliphatic heterocycles. The second-order valence-electron chi connectivity index (χ2n) is 4.88. The third kappa shape index (κ3) is 4.01. The summed E-state index contributed by atoms with van der Waals surface area (Å²) in [6.45, 7) is 0. The highest BCUT2D eigenvalue weighted by Gasteiger charge is 2.11. The highest BCUT2D eigenvalue weighted by molar-refractivity contribution is 6.08. The predicted octanol–water partition coefficient (Wildman–Crippen LogP) is 3.39. The Morgan fingerprint density at radius 1 is 0.917 bits per heavy atom. The van der Waals surface area contributed by atoms with Gasteiger partial charge >= 0.3 is 5.97 Å². The average Bonchev–Trinajstić information content (AvgIpc) is 2.65. The van der Waals surface area contributed by atoms with Gasteiger partial charge < -0.3 is 14.2 Å². The van der Waals surface area contributed by atoms with Crippen LogP contribution in [0.3, 0.4) is 0 Å². The maximum Gasteiger partial charge on any atom is 0.337 e. The van der Waals surface area contributed by atoms with Crippen molar-refractivity contribution in [1.29, 1.82) is 0 Å². The van der Waals surface area contributed by atoms with E-state index < -0.39 is 5.97 Å². The Bertz CT molecular complexity index is 760. The lowest BCUT2D eigenvalue weighted by atomic mass is 10.1. The van der Waals surface area contributed by atoms with E-state index in [0.717, 1.165) is 5.56 Å². The van der Waals surface area contributed by atoms with Crippen LogP contribution in [0.4, 0.5) is 0 Å². The zero-order chi connectivity index (χ0) is 17.5. The topological polar surface area (TPSA) is 61.8 Å². The van der Waals surface area contributed by atoms with Crippen LogP contribution in [0.5, 0.6) is 11.5 Å². The van der Waals surface area contributed by atoms with Crippen molar-refractivity contribution < 1.29 is 23.8 Å². The average molecular weight is 326 g/mol. The number of carbonyl (C=O) groups is 2. The minimum atomic E-state index is -0.399. The lowest BCUT2D eigenvalue weighted by Crippen LogP contribution is -2.00. The minimum absolute atomic E-state index is 0.188. The summed E-state index contributed by atoms with van der Waals surface area (Å²) in [6.07, 6.45) is 3.13. The molecule has 0 spiro atoms. The summed E-state index contributed by atoms with van der Waals surface area (Å²) >= 11 is 0. The number of methoxy groups -OCH3 is 3. The largest absolute Gasteiger partial charge is 0.497 e. The molecule has 5 heteroatoms. The van der Waals surface area contributed by atoms with Crippen LogP contribution in [0.2, 0.25) is 0 Å². The van der Waals surface area contributed by atoms with Crippen molar-refractivity contribution >= 4 is 17.8 Å². The van der Waals surface area contributed by atoms with E-state index in [1.807, 2.05) is 0 Å². The van der Waals surface area contributed by atoms with Gasteiger partial charge in [-0.2, -0.15) is 0 Å². The lowest BCUT2D eigenvalue weighted by molar-refractivity contribution is 0.0600. The van der Waals surface area contributed by atoms with Crippen molar-refractivity contribution in [3.63, 3.8) is 0 Å².